The largest absolute Gasteiger partial charge is 0.398 e. The van der Waals surface area contributed by atoms with Gasteiger partial charge in [-0.2, -0.15) is 11.8 Å². The van der Waals surface area contributed by atoms with Gasteiger partial charge in [-0.05, 0) is 76.6 Å². The van der Waals surface area contributed by atoms with Crippen LogP contribution in [-0.4, -0.2) is 29.3 Å². The van der Waals surface area contributed by atoms with E-state index in [9.17, 15) is 0 Å². The highest BCUT2D eigenvalue weighted by molar-refractivity contribution is 7.98. The van der Waals surface area contributed by atoms with Crippen LogP contribution in [0.25, 0.3) is 22.1 Å². The first-order valence-electron chi connectivity index (χ1n) is 15.3. The lowest BCUT2D eigenvalue weighted by molar-refractivity contribution is 0.0700. The molecule has 0 bridgehead atoms. The number of nitrogens with zero attached hydrogens (tertiary/aromatic N) is 2. The van der Waals surface area contributed by atoms with Crippen molar-refractivity contribution in [1.82, 2.24) is 5.16 Å². The Morgan fingerprint density at radius 3 is 2.57 bits per heavy atom. The van der Waals surface area contributed by atoms with Crippen molar-refractivity contribution in [3.63, 3.8) is 0 Å². The van der Waals surface area contributed by atoms with Crippen LogP contribution in [0.3, 0.4) is 0 Å². The second kappa shape index (κ2) is 17.1. The lowest BCUT2D eigenvalue weighted by Gasteiger charge is -2.11. The number of benzene rings is 2. The van der Waals surface area contributed by atoms with Crippen molar-refractivity contribution in [2.75, 3.05) is 5.75 Å². The maximum atomic E-state index is 6.18. The minimum atomic E-state index is 0.390. The molecule has 0 spiro atoms. The van der Waals surface area contributed by atoms with Crippen LogP contribution in [-0.2, 0) is 10.5 Å². The number of rotatable bonds is 11. The Hall–Kier alpha value is -3.09. The Labute approximate surface area is 257 Å². The topological polar surface area (TPSA) is 73.6 Å². The van der Waals surface area contributed by atoms with Crippen molar-refractivity contribution in [2.45, 2.75) is 98.5 Å². The van der Waals surface area contributed by atoms with Crippen LogP contribution in [0.1, 0.15) is 84.9 Å². The van der Waals surface area contributed by atoms with E-state index in [2.05, 4.69) is 92.5 Å². The third kappa shape index (κ3) is 9.20. The number of hydrogen-bond donors (Lipinski definition) is 1. The third-order valence-corrected chi connectivity index (χ3v) is 8.72. The molecule has 2 N–H and O–H groups in total. The van der Waals surface area contributed by atoms with E-state index >= 15 is 0 Å². The zero-order chi connectivity index (χ0) is 30.5. The van der Waals surface area contributed by atoms with Gasteiger partial charge in [0.05, 0.1) is 17.9 Å². The molecular weight excluding hydrogens is 538 g/mol. The molecule has 42 heavy (non-hydrogen) atoms. The molecule has 2 heterocycles. The summed E-state index contributed by atoms with van der Waals surface area (Å²) < 4.78 is 11.7. The highest BCUT2D eigenvalue weighted by Crippen LogP contribution is 2.35. The number of unbranched alkanes of at least 4 members (excludes halogenated alkanes) is 1. The van der Waals surface area contributed by atoms with E-state index in [0.717, 1.165) is 64.8 Å². The summed E-state index contributed by atoms with van der Waals surface area (Å²) in [7, 11) is 0. The molecule has 1 aliphatic heterocycles. The summed E-state index contributed by atoms with van der Waals surface area (Å²) in [6, 6.07) is 14.8. The molecule has 4 rings (SSSR count). The summed E-state index contributed by atoms with van der Waals surface area (Å²) in [5.74, 6) is 2.84. The summed E-state index contributed by atoms with van der Waals surface area (Å²) in [4.78, 5) is 4.33. The van der Waals surface area contributed by atoms with Crippen molar-refractivity contribution >= 4 is 28.7 Å². The summed E-state index contributed by atoms with van der Waals surface area (Å²) in [6.45, 7) is 14.5. The van der Waals surface area contributed by atoms with Crippen molar-refractivity contribution in [1.29, 1.82) is 0 Å². The number of aryl methyl sites for hydroxylation is 1. The molecule has 0 amide bonds. The molecule has 226 valence electrons. The fourth-order valence-electron chi connectivity index (χ4n) is 4.95. The smallest absolute Gasteiger partial charge is 0.171 e. The average Bonchev–Trinajstić information content (AvgIpc) is 3.59. The number of thioether (sulfide) groups is 1. The first kappa shape index (κ1) is 33.4. The second-order valence-corrected chi connectivity index (χ2v) is 11.9. The van der Waals surface area contributed by atoms with E-state index in [1.54, 1.807) is 6.21 Å². The number of hydrogen-bond acceptors (Lipinski definition) is 6. The number of allylic oxidation sites excluding steroid dienone is 4. The third-order valence-electron chi connectivity index (χ3n) is 7.62. The van der Waals surface area contributed by atoms with E-state index in [4.69, 9.17) is 15.0 Å². The van der Waals surface area contributed by atoms with Gasteiger partial charge in [-0.3, -0.25) is 4.99 Å². The average molecular weight is 588 g/mol. The van der Waals surface area contributed by atoms with Gasteiger partial charge in [0.1, 0.15) is 0 Å². The van der Waals surface area contributed by atoms with E-state index in [0.29, 0.717) is 12.2 Å². The Morgan fingerprint density at radius 2 is 1.88 bits per heavy atom. The van der Waals surface area contributed by atoms with E-state index in [1.165, 1.54) is 34.8 Å². The van der Waals surface area contributed by atoms with Gasteiger partial charge in [-0.15, -0.1) is 0 Å². The van der Waals surface area contributed by atoms with Gasteiger partial charge < -0.3 is 15.0 Å². The molecule has 0 aliphatic carbocycles. The van der Waals surface area contributed by atoms with E-state index in [1.807, 2.05) is 32.5 Å². The fourth-order valence-corrected chi connectivity index (χ4v) is 6.12. The van der Waals surface area contributed by atoms with Gasteiger partial charge in [-0.1, -0.05) is 80.0 Å². The number of aliphatic imine (C=N–C) groups is 1. The minimum absolute atomic E-state index is 0.390. The van der Waals surface area contributed by atoms with Crippen LogP contribution in [0.5, 0.6) is 0 Å². The summed E-state index contributed by atoms with van der Waals surface area (Å²) in [5, 5.41) is 6.67. The highest BCUT2D eigenvalue weighted by atomic mass is 32.2. The van der Waals surface area contributed by atoms with E-state index < -0.39 is 0 Å². The van der Waals surface area contributed by atoms with Gasteiger partial charge in [0, 0.05) is 45.8 Å². The molecule has 2 unspecified atom stereocenters. The number of aromatic nitrogens is 1. The summed E-state index contributed by atoms with van der Waals surface area (Å²) in [6.07, 6.45) is 12.4. The van der Waals surface area contributed by atoms with Crippen molar-refractivity contribution in [3.8, 4) is 11.3 Å². The predicted molar refractivity (Wildman–Crippen MR) is 182 cm³/mol. The standard InChI is InChI=1S/C21H23NO2S.C15H26N2/c1-14-10-11-17(23-14)12-25-13-20-15(2)22-24-21(20)19-9-5-7-16-6-3-4-8-18(16)19;1-6-9-10-11-14(13(5)17-8-3)15(16)12(4)7-2/h3-9,14,17H,10-13H2,1-2H3;8,10-11H,6-7,9,16H2,1-5H3/b;11-10-,14-13-,15-12-,17-8?. The van der Waals surface area contributed by atoms with Crippen LogP contribution in [0, 0.1) is 6.92 Å². The molecule has 0 radical (unpaired) electrons. The van der Waals surface area contributed by atoms with Crippen molar-refractivity contribution in [3.05, 3.63) is 88.4 Å². The van der Waals surface area contributed by atoms with Gasteiger partial charge >= 0.3 is 0 Å². The number of nitrogens with two attached hydrogens (primary N) is 1. The lowest BCUT2D eigenvalue weighted by Crippen LogP contribution is -2.11. The molecule has 6 heteroatoms. The van der Waals surface area contributed by atoms with Crippen LogP contribution in [0.4, 0.5) is 0 Å². The number of ether oxygens (including phenoxy) is 1. The van der Waals surface area contributed by atoms with Gasteiger partial charge in [-0.25, -0.2) is 0 Å². The van der Waals surface area contributed by atoms with Crippen LogP contribution >= 0.6 is 11.8 Å². The van der Waals surface area contributed by atoms with E-state index in [-0.39, 0.29) is 0 Å². The quantitative estimate of drug-likeness (QED) is 0.178. The molecule has 1 aliphatic rings. The predicted octanol–water partition coefficient (Wildman–Crippen LogP) is 9.95. The fraction of sp³-hybridized carbons (Fsp3) is 0.444. The SMILES string of the molecule is CC=N/C(C)=C(/C=C\CCC)C(\N)=C(/C)CC.Cc1noc(-c2cccc3ccccc23)c1CSCC1CCC(C)O1. The molecule has 1 fully saturated rings. The first-order valence-corrected chi connectivity index (χ1v) is 16.4. The zero-order valence-corrected chi connectivity index (χ0v) is 27.4. The highest BCUT2D eigenvalue weighted by Gasteiger charge is 2.23. The first-order chi connectivity index (χ1) is 20.3. The van der Waals surface area contributed by atoms with Crippen LogP contribution in [0.2, 0.25) is 0 Å². The maximum Gasteiger partial charge on any atom is 0.171 e. The molecule has 2 aromatic carbocycles. The Balaban J connectivity index is 0.000000252. The Kier molecular flexibility index (Phi) is 13.6. The Bertz CT molecular complexity index is 1410. The maximum absolute atomic E-state index is 6.18. The molecular formula is C36H49N3O2S. The molecule has 1 aromatic heterocycles. The Morgan fingerprint density at radius 1 is 1.12 bits per heavy atom. The van der Waals surface area contributed by atoms with Crippen molar-refractivity contribution < 1.29 is 9.26 Å². The minimum Gasteiger partial charge on any atom is -0.398 e. The second-order valence-electron chi connectivity index (χ2n) is 10.9. The monoisotopic (exact) mass is 587 g/mol. The van der Waals surface area contributed by atoms with Gasteiger partial charge in [0.2, 0.25) is 0 Å². The molecule has 5 nitrogen and oxygen atoms in total. The molecule has 0 saturated carbocycles. The molecule has 3 aromatic rings. The summed E-state index contributed by atoms with van der Waals surface area (Å²) >= 11 is 1.91. The van der Waals surface area contributed by atoms with Gasteiger partial charge in [0.15, 0.2) is 5.76 Å². The normalized spacial score (nSPS) is 18.4. The van der Waals surface area contributed by atoms with Crippen molar-refractivity contribution in [2.24, 2.45) is 10.7 Å². The van der Waals surface area contributed by atoms with Crippen LogP contribution in [0.15, 0.2) is 86.7 Å². The van der Waals surface area contributed by atoms with Crippen LogP contribution < -0.4 is 5.73 Å². The molecule has 1 saturated heterocycles. The lowest BCUT2D eigenvalue weighted by atomic mass is 10.0. The molecule has 2 atom stereocenters. The number of fused-ring (bicyclic) bond motifs is 1. The zero-order valence-electron chi connectivity index (χ0n) is 26.6. The summed E-state index contributed by atoms with van der Waals surface area (Å²) in [5.41, 5.74) is 13.6. The van der Waals surface area contributed by atoms with Gasteiger partial charge in [0.25, 0.3) is 0 Å².